The molecule has 19 heavy (non-hydrogen) atoms. The number of carboxylic acids is 1. The number of hydrogen-bond donors (Lipinski definition) is 1. The number of hydrogen-bond acceptors (Lipinski definition) is 4. The maximum Gasteiger partial charge on any atom is 0.336 e. The molecule has 1 aromatic carbocycles. The number of Topliss-reactive ketones (excluding diaryl/α,β-unsaturated/α-hetero) is 2. The molecular formula is C14H10O4S. The number of ketones is 2. The predicted octanol–water partition coefficient (Wildman–Crippen LogP) is 2.90. The van der Waals surface area contributed by atoms with Crippen LogP contribution in [0.3, 0.4) is 0 Å². The summed E-state index contributed by atoms with van der Waals surface area (Å²) < 4.78 is 0. The van der Waals surface area contributed by atoms with Gasteiger partial charge in [0.15, 0.2) is 11.6 Å². The van der Waals surface area contributed by atoms with Crippen LogP contribution in [0.5, 0.6) is 0 Å². The van der Waals surface area contributed by atoms with E-state index >= 15 is 0 Å². The Kier molecular flexibility index (Phi) is 3.87. The Morgan fingerprint density at radius 1 is 0.947 bits per heavy atom. The number of carboxylic acid groups (broad SMARTS) is 1. The zero-order valence-corrected chi connectivity index (χ0v) is 10.6. The average molecular weight is 274 g/mol. The minimum absolute atomic E-state index is 0.0694. The lowest BCUT2D eigenvalue weighted by Gasteiger charge is -2.03. The Balaban J connectivity index is 2.21. The molecule has 0 fully saturated rings. The fourth-order valence-electron chi connectivity index (χ4n) is 1.68. The van der Waals surface area contributed by atoms with E-state index in [9.17, 15) is 14.4 Å². The van der Waals surface area contributed by atoms with Crippen molar-refractivity contribution in [3.8, 4) is 0 Å². The smallest absolute Gasteiger partial charge is 0.336 e. The second-order valence-electron chi connectivity index (χ2n) is 3.85. The maximum absolute atomic E-state index is 12.0. The predicted molar refractivity (Wildman–Crippen MR) is 71.0 cm³/mol. The van der Waals surface area contributed by atoms with Crippen LogP contribution in [0, 0.1) is 0 Å². The summed E-state index contributed by atoms with van der Waals surface area (Å²) in [6, 6.07) is 9.27. The van der Waals surface area contributed by atoms with Crippen molar-refractivity contribution in [2.24, 2.45) is 0 Å². The molecule has 0 spiro atoms. The molecule has 0 aliphatic heterocycles. The van der Waals surface area contributed by atoms with Crippen LogP contribution in [0.2, 0.25) is 0 Å². The summed E-state index contributed by atoms with van der Waals surface area (Å²) in [5.41, 5.74) is -0.00798. The summed E-state index contributed by atoms with van der Waals surface area (Å²) in [6.07, 6.45) is -0.315. The number of benzene rings is 1. The highest BCUT2D eigenvalue weighted by Gasteiger charge is 2.19. The molecule has 0 aliphatic rings. The zero-order chi connectivity index (χ0) is 13.8. The molecule has 0 bridgehead atoms. The molecule has 1 aromatic heterocycles. The Morgan fingerprint density at radius 3 is 2.21 bits per heavy atom. The third-order valence-corrected chi connectivity index (χ3v) is 3.49. The van der Waals surface area contributed by atoms with Crippen molar-refractivity contribution >= 4 is 28.9 Å². The molecule has 1 N–H and O–H groups in total. The van der Waals surface area contributed by atoms with E-state index in [2.05, 4.69) is 0 Å². The van der Waals surface area contributed by atoms with Crippen molar-refractivity contribution in [3.05, 3.63) is 57.8 Å². The van der Waals surface area contributed by atoms with Gasteiger partial charge in [-0.1, -0.05) is 24.3 Å². The van der Waals surface area contributed by atoms with Crippen LogP contribution < -0.4 is 0 Å². The zero-order valence-electron chi connectivity index (χ0n) is 9.83. The average Bonchev–Trinajstić information content (AvgIpc) is 2.92. The van der Waals surface area contributed by atoms with Crippen LogP contribution in [-0.4, -0.2) is 22.6 Å². The number of aromatic carboxylic acids is 1. The van der Waals surface area contributed by atoms with E-state index < -0.39 is 11.8 Å². The van der Waals surface area contributed by atoms with E-state index in [1.807, 2.05) is 0 Å². The lowest BCUT2D eigenvalue weighted by Crippen LogP contribution is -2.12. The highest BCUT2D eigenvalue weighted by molar-refractivity contribution is 7.12. The highest BCUT2D eigenvalue weighted by Crippen LogP contribution is 2.16. The molecule has 2 aromatic rings. The van der Waals surface area contributed by atoms with Gasteiger partial charge in [-0.15, -0.1) is 11.3 Å². The molecule has 0 saturated heterocycles. The van der Waals surface area contributed by atoms with Gasteiger partial charge >= 0.3 is 5.97 Å². The third kappa shape index (κ3) is 2.95. The first kappa shape index (κ1) is 13.2. The van der Waals surface area contributed by atoms with Crippen LogP contribution in [-0.2, 0) is 0 Å². The van der Waals surface area contributed by atoms with Gasteiger partial charge in [-0.2, -0.15) is 0 Å². The second-order valence-corrected chi connectivity index (χ2v) is 4.80. The topological polar surface area (TPSA) is 71.4 Å². The number of rotatable bonds is 5. The Hall–Kier alpha value is -2.27. The van der Waals surface area contributed by atoms with Crippen LogP contribution in [0.1, 0.15) is 36.8 Å². The van der Waals surface area contributed by atoms with Gasteiger partial charge in [0.1, 0.15) is 0 Å². The van der Waals surface area contributed by atoms with Gasteiger partial charge in [0, 0.05) is 5.56 Å². The van der Waals surface area contributed by atoms with Crippen LogP contribution in [0.15, 0.2) is 41.8 Å². The number of thiophene rings is 1. The SMILES string of the molecule is O=C(CC(=O)c1ccccc1C(=O)O)c1cccs1. The molecule has 4 nitrogen and oxygen atoms in total. The molecule has 0 aliphatic carbocycles. The second kappa shape index (κ2) is 5.58. The van der Waals surface area contributed by atoms with E-state index in [0.717, 1.165) is 0 Å². The molecule has 1 heterocycles. The Bertz CT molecular complexity index is 629. The summed E-state index contributed by atoms with van der Waals surface area (Å²) >= 11 is 1.26. The van der Waals surface area contributed by atoms with E-state index in [-0.39, 0.29) is 23.3 Å². The van der Waals surface area contributed by atoms with Gasteiger partial charge in [0.2, 0.25) is 0 Å². The van der Waals surface area contributed by atoms with E-state index in [0.29, 0.717) is 4.88 Å². The first-order valence-corrected chi connectivity index (χ1v) is 6.40. The summed E-state index contributed by atoms with van der Waals surface area (Å²) in [5, 5.41) is 10.8. The standard InChI is InChI=1S/C14H10O4S/c15-11(8-12(16)13-6-3-7-19-13)9-4-1-2-5-10(9)14(17)18/h1-7H,8H2,(H,17,18). The van der Waals surface area contributed by atoms with Gasteiger partial charge in [0.25, 0.3) is 0 Å². The minimum Gasteiger partial charge on any atom is -0.478 e. The minimum atomic E-state index is -1.17. The third-order valence-electron chi connectivity index (χ3n) is 2.57. The molecular weight excluding hydrogens is 264 g/mol. The first-order chi connectivity index (χ1) is 9.09. The Morgan fingerprint density at radius 2 is 1.63 bits per heavy atom. The quantitative estimate of drug-likeness (QED) is 0.672. The van der Waals surface area contributed by atoms with Crippen molar-refractivity contribution in [1.29, 1.82) is 0 Å². The molecule has 96 valence electrons. The van der Waals surface area contributed by atoms with E-state index in [4.69, 9.17) is 5.11 Å². The summed E-state index contributed by atoms with van der Waals surface area (Å²) in [4.78, 5) is 35.3. The first-order valence-electron chi connectivity index (χ1n) is 5.52. The molecule has 5 heteroatoms. The van der Waals surface area contributed by atoms with Crippen molar-refractivity contribution < 1.29 is 19.5 Å². The fraction of sp³-hybridized carbons (Fsp3) is 0.0714. The van der Waals surface area contributed by atoms with Crippen molar-refractivity contribution in [1.82, 2.24) is 0 Å². The van der Waals surface area contributed by atoms with Crippen LogP contribution >= 0.6 is 11.3 Å². The lowest BCUT2D eigenvalue weighted by atomic mass is 10.00. The highest BCUT2D eigenvalue weighted by atomic mass is 32.1. The van der Waals surface area contributed by atoms with Gasteiger partial charge in [0.05, 0.1) is 16.9 Å². The number of carbonyl (C=O) groups excluding carboxylic acids is 2. The monoisotopic (exact) mass is 274 g/mol. The van der Waals surface area contributed by atoms with Crippen molar-refractivity contribution in [2.45, 2.75) is 6.42 Å². The number of carbonyl (C=O) groups is 3. The largest absolute Gasteiger partial charge is 0.478 e. The normalized spacial score (nSPS) is 10.1. The van der Waals surface area contributed by atoms with E-state index in [1.54, 1.807) is 29.6 Å². The van der Waals surface area contributed by atoms with Gasteiger partial charge in [-0.25, -0.2) is 4.79 Å². The fourth-order valence-corrected chi connectivity index (χ4v) is 2.34. The lowest BCUT2D eigenvalue weighted by molar-refractivity contribution is 0.0690. The summed E-state index contributed by atoms with van der Waals surface area (Å²) in [6.45, 7) is 0. The molecule has 0 saturated carbocycles. The van der Waals surface area contributed by atoms with E-state index in [1.165, 1.54) is 23.5 Å². The van der Waals surface area contributed by atoms with Crippen molar-refractivity contribution in [3.63, 3.8) is 0 Å². The van der Waals surface area contributed by atoms with Gasteiger partial charge in [-0.3, -0.25) is 9.59 Å². The van der Waals surface area contributed by atoms with Crippen LogP contribution in [0.25, 0.3) is 0 Å². The molecule has 0 atom stereocenters. The maximum atomic E-state index is 12.0. The summed E-state index contributed by atoms with van der Waals surface area (Å²) in [5.74, 6) is -1.94. The molecule has 0 unspecified atom stereocenters. The Labute approximate surface area is 113 Å². The van der Waals surface area contributed by atoms with Crippen molar-refractivity contribution in [2.75, 3.05) is 0 Å². The summed E-state index contributed by atoms with van der Waals surface area (Å²) in [7, 11) is 0. The molecule has 2 rings (SSSR count). The molecule has 0 radical (unpaired) electrons. The molecule has 0 amide bonds. The van der Waals surface area contributed by atoms with Crippen LogP contribution in [0.4, 0.5) is 0 Å². The van der Waals surface area contributed by atoms with Gasteiger partial charge in [-0.05, 0) is 17.5 Å². The van der Waals surface area contributed by atoms with Gasteiger partial charge < -0.3 is 5.11 Å².